The van der Waals surface area contributed by atoms with Crippen molar-refractivity contribution in [3.8, 4) is 0 Å². The Morgan fingerprint density at radius 3 is 0.698 bits per heavy atom. The summed E-state index contributed by atoms with van der Waals surface area (Å²) in [5.41, 5.74) is 7.23. The number of rotatable bonds is 33. The van der Waals surface area contributed by atoms with E-state index in [0.29, 0.717) is 6.26 Å². The summed E-state index contributed by atoms with van der Waals surface area (Å²) < 4.78 is 25.9. The lowest BCUT2D eigenvalue weighted by molar-refractivity contribution is 0.302. The molecule has 0 aromatic heterocycles. The van der Waals surface area contributed by atoms with Crippen LogP contribution in [0.25, 0.3) is 0 Å². The molecule has 3 N–H and O–H groups in total. The molecule has 4 nitrogen and oxygen atoms in total. The first-order valence-electron chi connectivity index (χ1n) is 19.4. The highest BCUT2D eigenvalue weighted by Gasteiger charge is 2.23. The van der Waals surface area contributed by atoms with Gasteiger partial charge in [0.15, 0.2) is 0 Å². The zero-order valence-electron chi connectivity index (χ0n) is 30.1. The van der Waals surface area contributed by atoms with Gasteiger partial charge in [-0.25, -0.2) is 0 Å². The average Bonchev–Trinajstić information content (AvgIpc) is 2.95. The van der Waals surface area contributed by atoms with E-state index in [9.17, 15) is 8.42 Å². The molecule has 0 fully saturated rings. The van der Waals surface area contributed by atoms with E-state index in [0.717, 1.165) is 0 Å². The molecule has 0 aromatic rings. The van der Waals surface area contributed by atoms with Gasteiger partial charge in [0.1, 0.15) is 0 Å². The molecule has 0 aliphatic carbocycles. The van der Waals surface area contributed by atoms with Crippen LogP contribution in [0.15, 0.2) is 0 Å². The molecule has 0 bridgehead atoms. The van der Waals surface area contributed by atoms with Crippen LogP contribution in [-0.4, -0.2) is 24.8 Å². The minimum atomic E-state index is -3.67. The van der Waals surface area contributed by atoms with Crippen LogP contribution in [0.2, 0.25) is 0 Å². The van der Waals surface area contributed by atoms with Gasteiger partial charge in [-0.3, -0.25) is 4.55 Å². The first kappa shape index (κ1) is 45.0. The minimum absolute atomic E-state index is 0.127. The van der Waals surface area contributed by atoms with Crippen LogP contribution in [0, 0.1) is 0 Å². The van der Waals surface area contributed by atoms with Crippen molar-refractivity contribution in [2.24, 2.45) is 5.73 Å². The van der Waals surface area contributed by atoms with E-state index < -0.39 is 10.1 Å². The Hall–Kier alpha value is -0.130. The van der Waals surface area contributed by atoms with Gasteiger partial charge in [-0.15, -0.1) is 0 Å². The van der Waals surface area contributed by atoms with Crippen molar-refractivity contribution in [1.82, 2.24) is 0 Å². The summed E-state index contributed by atoms with van der Waals surface area (Å²) in [6.07, 6.45) is 47.3. The highest BCUT2D eigenvalue weighted by Crippen LogP contribution is 2.27. The standard InChI is InChI=1S/C37H77N.CH4O3S/c1-4-7-10-13-16-19-20-21-22-23-24-27-30-33-36-37(38,34-31-28-25-17-14-11-8-5-2)35-32-29-26-18-15-12-9-6-3;1-5(2,3)4/h4-36,38H2,1-3H3;1H3,(H,2,3,4). The van der Waals surface area contributed by atoms with Crippen molar-refractivity contribution in [3.05, 3.63) is 0 Å². The molecule has 0 spiro atoms. The van der Waals surface area contributed by atoms with Gasteiger partial charge in [0.2, 0.25) is 0 Å². The molecule has 0 aliphatic heterocycles. The maximum absolute atomic E-state index is 9.19. The van der Waals surface area contributed by atoms with Crippen molar-refractivity contribution in [3.63, 3.8) is 0 Å². The Morgan fingerprint density at radius 1 is 0.395 bits per heavy atom. The topological polar surface area (TPSA) is 80.4 Å². The second-order valence-corrected chi connectivity index (χ2v) is 15.4. The van der Waals surface area contributed by atoms with Crippen molar-refractivity contribution in [2.45, 2.75) is 238 Å². The van der Waals surface area contributed by atoms with E-state index in [1.165, 1.54) is 212 Å². The Balaban J connectivity index is 0. The van der Waals surface area contributed by atoms with Crippen LogP contribution in [0.5, 0.6) is 0 Å². The first-order chi connectivity index (χ1) is 20.7. The fourth-order valence-electron chi connectivity index (χ4n) is 6.27. The predicted molar refractivity (Wildman–Crippen MR) is 194 cm³/mol. The Bertz CT molecular complexity index is 595. The molecular weight excluding hydrogens is 550 g/mol. The van der Waals surface area contributed by atoms with Gasteiger partial charge in [0.05, 0.1) is 6.26 Å². The SMILES string of the molecule is CCCCCCCCCCCCCCCCC(N)(CCCCCCCCCC)CCCCCCCCCC.CS(=O)(=O)O. The van der Waals surface area contributed by atoms with Gasteiger partial charge >= 0.3 is 0 Å². The van der Waals surface area contributed by atoms with Gasteiger partial charge < -0.3 is 5.73 Å². The molecule has 262 valence electrons. The summed E-state index contributed by atoms with van der Waals surface area (Å²) in [5.74, 6) is 0. The zero-order chi connectivity index (χ0) is 32.3. The van der Waals surface area contributed by atoms with E-state index in [-0.39, 0.29) is 5.54 Å². The van der Waals surface area contributed by atoms with Crippen molar-refractivity contribution < 1.29 is 13.0 Å². The third-order valence-electron chi connectivity index (χ3n) is 9.08. The lowest BCUT2D eigenvalue weighted by atomic mass is 9.82. The first-order valence-corrected chi connectivity index (χ1v) is 21.2. The van der Waals surface area contributed by atoms with Crippen molar-refractivity contribution >= 4 is 10.1 Å². The zero-order valence-corrected chi connectivity index (χ0v) is 30.9. The Kier molecular flexibility index (Phi) is 36.3. The number of hydrogen-bond donors (Lipinski definition) is 2. The van der Waals surface area contributed by atoms with Gasteiger partial charge in [-0.2, -0.15) is 8.42 Å². The second kappa shape index (κ2) is 34.7. The minimum Gasteiger partial charge on any atom is -0.325 e. The molecule has 0 atom stereocenters. The smallest absolute Gasteiger partial charge is 0.261 e. The van der Waals surface area contributed by atoms with Crippen LogP contribution in [-0.2, 0) is 10.1 Å². The van der Waals surface area contributed by atoms with Crippen molar-refractivity contribution in [1.29, 1.82) is 0 Å². The lowest BCUT2D eigenvalue weighted by Crippen LogP contribution is -2.39. The average molecular weight is 632 g/mol. The van der Waals surface area contributed by atoms with Gasteiger partial charge in [0, 0.05) is 5.54 Å². The maximum Gasteiger partial charge on any atom is 0.261 e. The summed E-state index contributed by atoms with van der Waals surface area (Å²) in [7, 11) is -3.67. The van der Waals surface area contributed by atoms with Crippen LogP contribution in [0.1, 0.15) is 233 Å². The molecule has 0 saturated carbocycles. The molecule has 0 rings (SSSR count). The van der Waals surface area contributed by atoms with Crippen LogP contribution < -0.4 is 5.73 Å². The molecule has 0 aliphatic rings. The third kappa shape index (κ3) is 44.1. The van der Waals surface area contributed by atoms with Gasteiger partial charge in [-0.1, -0.05) is 213 Å². The number of nitrogens with two attached hydrogens (primary N) is 1. The highest BCUT2D eigenvalue weighted by atomic mass is 32.2. The summed E-state index contributed by atoms with van der Waals surface area (Å²) in [4.78, 5) is 0. The van der Waals surface area contributed by atoms with Crippen LogP contribution in [0.4, 0.5) is 0 Å². The van der Waals surface area contributed by atoms with Gasteiger partial charge in [0.25, 0.3) is 10.1 Å². The molecule has 0 saturated heterocycles. The monoisotopic (exact) mass is 632 g/mol. The highest BCUT2D eigenvalue weighted by molar-refractivity contribution is 7.85. The summed E-state index contributed by atoms with van der Waals surface area (Å²) in [6.45, 7) is 6.93. The third-order valence-corrected chi connectivity index (χ3v) is 9.08. The Morgan fingerprint density at radius 2 is 0.535 bits per heavy atom. The van der Waals surface area contributed by atoms with E-state index >= 15 is 0 Å². The van der Waals surface area contributed by atoms with E-state index in [1.807, 2.05) is 0 Å². The van der Waals surface area contributed by atoms with Crippen LogP contribution >= 0.6 is 0 Å². The molecule has 0 amide bonds. The normalized spacial score (nSPS) is 12.0. The maximum atomic E-state index is 9.19. The van der Waals surface area contributed by atoms with E-state index in [4.69, 9.17) is 10.3 Å². The molecule has 0 heterocycles. The van der Waals surface area contributed by atoms with Crippen molar-refractivity contribution in [2.75, 3.05) is 6.26 Å². The molecule has 0 aromatic carbocycles. The summed E-state index contributed by atoms with van der Waals surface area (Å²) in [5, 5.41) is 0. The molecule has 0 unspecified atom stereocenters. The van der Waals surface area contributed by atoms with Crippen LogP contribution in [0.3, 0.4) is 0 Å². The number of hydrogen-bond acceptors (Lipinski definition) is 3. The predicted octanol–water partition coefficient (Wildman–Crippen LogP) is 13.1. The van der Waals surface area contributed by atoms with Gasteiger partial charge in [-0.05, 0) is 19.3 Å². The Labute approximate surface area is 272 Å². The van der Waals surface area contributed by atoms with E-state index in [2.05, 4.69) is 20.8 Å². The summed E-state index contributed by atoms with van der Waals surface area (Å²) >= 11 is 0. The molecule has 5 heteroatoms. The fourth-order valence-corrected chi connectivity index (χ4v) is 6.27. The molecule has 43 heavy (non-hydrogen) atoms. The quantitative estimate of drug-likeness (QED) is 0.0557. The largest absolute Gasteiger partial charge is 0.325 e. The molecule has 0 radical (unpaired) electrons. The fraction of sp³-hybridized carbons (Fsp3) is 1.00. The van der Waals surface area contributed by atoms with E-state index in [1.54, 1.807) is 0 Å². The summed E-state index contributed by atoms with van der Waals surface area (Å²) in [6, 6.07) is 0. The molecular formula is C38H81NO3S. The lowest BCUT2D eigenvalue weighted by Gasteiger charge is -2.30. The second-order valence-electron chi connectivity index (χ2n) is 13.9. The number of unbranched alkanes of at least 4 members (excludes halogenated alkanes) is 27.